The number of carbonyl (C=O) groups is 3. The highest BCUT2D eigenvalue weighted by Gasteiger charge is 2.31. The molecule has 0 aliphatic carbocycles. The molecule has 3 N–H and O–H groups in total. The van der Waals surface area contributed by atoms with E-state index in [0.717, 1.165) is 12.0 Å². The number of amides is 2. The maximum absolute atomic E-state index is 12.8. The highest BCUT2D eigenvalue weighted by molar-refractivity contribution is 5.79. The first-order valence-electron chi connectivity index (χ1n) is 15.6. The summed E-state index contributed by atoms with van der Waals surface area (Å²) in [6.45, 7) is 14.5. The van der Waals surface area contributed by atoms with E-state index in [9.17, 15) is 19.5 Å². The first-order chi connectivity index (χ1) is 20.7. The summed E-state index contributed by atoms with van der Waals surface area (Å²) in [6.07, 6.45) is 0.384. The van der Waals surface area contributed by atoms with Gasteiger partial charge in [-0.1, -0.05) is 26.8 Å². The molecule has 0 aliphatic rings. The molecule has 252 valence electrons. The van der Waals surface area contributed by atoms with Gasteiger partial charge in [0.1, 0.15) is 5.60 Å². The molecule has 0 unspecified atom stereocenters. The molecule has 44 heavy (non-hydrogen) atoms. The van der Waals surface area contributed by atoms with E-state index in [1.807, 2.05) is 18.2 Å². The number of methoxy groups -OCH3 is 2. The van der Waals surface area contributed by atoms with E-state index in [-0.39, 0.29) is 49.7 Å². The zero-order valence-electron chi connectivity index (χ0n) is 28.2. The van der Waals surface area contributed by atoms with Gasteiger partial charge in [0.15, 0.2) is 11.5 Å². The second-order valence-electron chi connectivity index (χ2n) is 12.4. The largest absolute Gasteiger partial charge is 0.493 e. The molecule has 11 nitrogen and oxygen atoms in total. The van der Waals surface area contributed by atoms with Crippen LogP contribution >= 0.6 is 0 Å². The third kappa shape index (κ3) is 15.6. The Bertz CT molecular complexity index is 1010. The third-order valence-electron chi connectivity index (χ3n) is 7.12. The molecule has 1 aromatic rings. The second-order valence-corrected chi connectivity index (χ2v) is 12.4. The minimum Gasteiger partial charge on any atom is -0.493 e. The molecular weight excluding hydrogens is 568 g/mol. The van der Waals surface area contributed by atoms with Gasteiger partial charge in [-0.05, 0) is 76.5 Å². The molecule has 0 spiro atoms. The lowest BCUT2D eigenvalue weighted by Crippen LogP contribution is -2.48. The lowest BCUT2D eigenvalue weighted by atomic mass is 9.82. The number of aliphatic hydroxyl groups is 1. The summed E-state index contributed by atoms with van der Waals surface area (Å²) in [5, 5.41) is 16.9. The Hall–Kier alpha value is -3.05. The van der Waals surface area contributed by atoms with Crippen LogP contribution in [0, 0.1) is 17.8 Å². The van der Waals surface area contributed by atoms with Crippen molar-refractivity contribution in [1.82, 2.24) is 10.6 Å². The van der Waals surface area contributed by atoms with Crippen molar-refractivity contribution < 1.29 is 43.2 Å². The van der Waals surface area contributed by atoms with E-state index in [1.54, 1.807) is 48.8 Å². The van der Waals surface area contributed by atoms with Gasteiger partial charge >= 0.3 is 12.1 Å². The van der Waals surface area contributed by atoms with Crippen molar-refractivity contribution in [3.63, 3.8) is 0 Å². The van der Waals surface area contributed by atoms with Crippen LogP contribution in [0.25, 0.3) is 0 Å². The van der Waals surface area contributed by atoms with Crippen molar-refractivity contribution >= 4 is 18.0 Å². The standard InChI is InChI=1S/C33H56N2O9/c1-10-42-30(37)14-15-34-31(38)23(4)18-27(36)26(35-32(39)44-33(5,6)7)21-25(22(2)3)19-24-12-13-28(41-9)29(20-24)43-17-11-16-40-8/h12-13,20,22-23,25-27,36H,10-11,14-19,21H2,1-9H3,(H,34,38)(H,35,39)/t23-,25+,26+,27+/m1/s1. The van der Waals surface area contributed by atoms with Gasteiger partial charge in [0.25, 0.3) is 0 Å². The van der Waals surface area contributed by atoms with Crippen LogP contribution in [0.5, 0.6) is 11.5 Å². The van der Waals surface area contributed by atoms with Gasteiger partial charge in [-0.2, -0.15) is 0 Å². The van der Waals surface area contributed by atoms with Gasteiger partial charge in [0.05, 0.1) is 38.9 Å². The number of alkyl carbamates (subject to hydrolysis) is 1. The number of hydrogen-bond acceptors (Lipinski definition) is 9. The highest BCUT2D eigenvalue weighted by atomic mass is 16.6. The number of aliphatic hydroxyl groups excluding tert-OH is 1. The van der Waals surface area contributed by atoms with E-state index >= 15 is 0 Å². The Morgan fingerprint density at radius 3 is 2.30 bits per heavy atom. The minimum atomic E-state index is -1.02. The maximum Gasteiger partial charge on any atom is 0.407 e. The van der Waals surface area contributed by atoms with E-state index in [1.165, 1.54) is 0 Å². The number of rotatable bonds is 20. The van der Waals surface area contributed by atoms with Crippen LogP contribution in [0.1, 0.15) is 79.7 Å². The summed E-state index contributed by atoms with van der Waals surface area (Å²) in [7, 11) is 3.25. The molecule has 0 saturated carbocycles. The zero-order chi connectivity index (χ0) is 33.3. The molecule has 0 aliphatic heterocycles. The van der Waals surface area contributed by atoms with Gasteiger partial charge in [-0.3, -0.25) is 9.59 Å². The lowest BCUT2D eigenvalue weighted by Gasteiger charge is -2.32. The lowest BCUT2D eigenvalue weighted by molar-refractivity contribution is -0.143. The third-order valence-corrected chi connectivity index (χ3v) is 7.12. The van der Waals surface area contributed by atoms with Crippen LogP contribution < -0.4 is 20.1 Å². The monoisotopic (exact) mass is 624 g/mol. The van der Waals surface area contributed by atoms with E-state index in [4.69, 9.17) is 23.7 Å². The molecule has 1 rings (SSSR count). The predicted molar refractivity (Wildman–Crippen MR) is 169 cm³/mol. The summed E-state index contributed by atoms with van der Waals surface area (Å²) in [5.74, 6) is 0.322. The van der Waals surface area contributed by atoms with Gasteiger partial charge in [-0.15, -0.1) is 0 Å². The molecule has 0 aromatic heterocycles. The number of hydrogen-bond donors (Lipinski definition) is 3. The molecule has 2 amide bonds. The fourth-order valence-electron chi connectivity index (χ4n) is 4.67. The smallest absolute Gasteiger partial charge is 0.407 e. The molecule has 0 fully saturated rings. The number of esters is 1. The first-order valence-corrected chi connectivity index (χ1v) is 15.6. The Kier molecular flexibility index (Phi) is 17.8. The van der Waals surface area contributed by atoms with Crippen LogP contribution in [-0.2, 0) is 30.2 Å². The Morgan fingerprint density at radius 1 is 1.00 bits per heavy atom. The number of nitrogens with one attached hydrogen (secondary N) is 2. The molecule has 0 bridgehead atoms. The fraction of sp³-hybridized carbons (Fsp3) is 0.727. The van der Waals surface area contributed by atoms with Gasteiger partial charge < -0.3 is 39.4 Å². The van der Waals surface area contributed by atoms with Crippen LogP contribution in [0.3, 0.4) is 0 Å². The van der Waals surface area contributed by atoms with Crippen molar-refractivity contribution in [2.75, 3.05) is 40.6 Å². The Labute approximate surface area is 263 Å². The summed E-state index contributed by atoms with van der Waals surface area (Å²) in [4.78, 5) is 37.1. The summed E-state index contributed by atoms with van der Waals surface area (Å²) >= 11 is 0. The Balaban J connectivity index is 3.07. The number of ether oxygens (including phenoxy) is 5. The summed E-state index contributed by atoms with van der Waals surface area (Å²) in [5.41, 5.74) is 0.317. The van der Waals surface area contributed by atoms with Crippen molar-refractivity contribution in [2.24, 2.45) is 17.8 Å². The quantitative estimate of drug-likeness (QED) is 0.139. The Morgan fingerprint density at radius 2 is 1.70 bits per heavy atom. The average Bonchev–Trinajstić information content (AvgIpc) is 2.93. The zero-order valence-corrected chi connectivity index (χ0v) is 28.2. The predicted octanol–water partition coefficient (Wildman–Crippen LogP) is 4.67. The minimum absolute atomic E-state index is 0.0630. The molecule has 11 heteroatoms. The SMILES string of the molecule is CCOC(=O)CCNC(=O)[C@H](C)C[C@H](O)[C@H](C[C@H](Cc1ccc(OC)c(OCCCOC)c1)C(C)C)NC(=O)OC(C)(C)C. The highest BCUT2D eigenvalue weighted by Crippen LogP contribution is 2.32. The van der Waals surface area contributed by atoms with Crippen LogP contribution in [-0.4, -0.2) is 81.4 Å². The molecule has 0 saturated heterocycles. The van der Waals surface area contributed by atoms with Crippen molar-refractivity contribution in [1.29, 1.82) is 0 Å². The van der Waals surface area contributed by atoms with Gasteiger partial charge in [-0.25, -0.2) is 4.79 Å². The topological polar surface area (TPSA) is 142 Å². The fourth-order valence-corrected chi connectivity index (χ4v) is 4.67. The van der Waals surface area contributed by atoms with Gasteiger partial charge in [0.2, 0.25) is 5.91 Å². The van der Waals surface area contributed by atoms with E-state index in [2.05, 4.69) is 24.5 Å². The number of benzene rings is 1. The van der Waals surface area contributed by atoms with Crippen molar-refractivity contribution in [3.05, 3.63) is 23.8 Å². The molecule has 1 aromatic carbocycles. The molecule has 4 atom stereocenters. The number of carbonyl (C=O) groups excluding carboxylic acids is 3. The van der Waals surface area contributed by atoms with Gasteiger partial charge in [0, 0.05) is 32.6 Å². The molecular formula is C33H56N2O9. The molecule has 0 radical (unpaired) electrons. The van der Waals surface area contributed by atoms with Crippen molar-refractivity contribution in [3.8, 4) is 11.5 Å². The second kappa shape index (κ2) is 20.1. The van der Waals surface area contributed by atoms with E-state index in [0.29, 0.717) is 37.6 Å². The molecule has 0 heterocycles. The summed E-state index contributed by atoms with van der Waals surface area (Å²) < 4.78 is 27.0. The van der Waals surface area contributed by atoms with E-state index < -0.39 is 29.8 Å². The van der Waals surface area contributed by atoms with Crippen LogP contribution in [0.15, 0.2) is 18.2 Å². The van der Waals surface area contributed by atoms with Crippen LogP contribution in [0.4, 0.5) is 4.79 Å². The first kappa shape index (κ1) is 39.0. The van der Waals surface area contributed by atoms with Crippen molar-refractivity contribution in [2.45, 2.75) is 98.3 Å². The average molecular weight is 625 g/mol. The summed E-state index contributed by atoms with van der Waals surface area (Å²) in [6, 6.07) is 5.17. The normalized spacial score (nSPS) is 14.2. The maximum atomic E-state index is 12.8. The van der Waals surface area contributed by atoms with Crippen LogP contribution in [0.2, 0.25) is 0 Å².